The first-order valence-electron chi connectivity index (χ1n) is 17.9. The van der Waals surface area contributed by atoms with Crippen LogP contribution in [0, 0.1) is 40.9 Å². The van der Waals surface area contributed by atoms with Crippen LogP contribution in [0.3, 0.4) is 0 Å². The van der Waals surface area contributed by atoms with Crippen molar-refractivity contribution in [2.24, 2.45) is 40.9 Å². The number of hydrogen-bond acceptors (Lipinski definition) is 8. The zero-order valence-electron chi connectivity index (χ0n) is 27.5. The number of alkyl halides is 3. The second-order valence-corrected chi connectivity index (χ2v) is 16.8. The van der Waals surface area contributed by atoms with Gasteiger partial charge in [0.15, 0.2) is 5.01 Å². The van der Waals surface area contributed by atoms with Gasteiger partial charge in [0.1, 0.15) is 17.6 Å². The highest BCUT2D eigenvalue weighted by molar-refractivity contribution is 7.20. The molecule has 5 saturated carbocycles. The Bertz CT molecular complexity index is 1660. The van der Waals surface area contributed by atoms with Crippen LogP contribution in [0.4, 0.5) is 13.2 Å². The van der Waals surface area contributed by atoms with Crippen molar-refractivity contribution in [2.75, 3.05) is 13.1 Å². The highest BCUT2D eigenvalue weighted by Gasteiger charge is 2.60. The molecule has 0 aromatic carbocycles. The van der Waals surface area contributed by atoms with Crippen LogP contribution in [-0.2, 0) is 19.2 Å². The van der Waals surface area contributed by atoms with Crippen LogP contribution in [0.1, 0.15) is 80.4 Å². The van der Waals surface area contributed by atoms with Gasteiger partial charge >= 0.3 is 12.1 Å². The monoisotopic (exact) mass is 714 g/mol. The van der Waals surface area contributed by atoms with Crippen LogP contribution in [0.2, 0.25) is 0 Å². The molecular formula is C35H41F3N6O5S. The van der Waals surface area contributed by atoms with E-state index in [2.05, 4.69) is 25.9 Å². The number of nitrogens with zero attached hydrogens (tertiary/aromatic N) is 3. The molecule has 2 aromatic heterocycles. The highest BCUT2D eigenvalue weighted by atomic mass is 32.1. The minimum Gasteiger partial charge on any atom is -0.356 e. The number of thiazole rings is 1. The van der Waals surface area contributed by atoms with E-state index in [0.29, 0.717) is 61.9 Å². The van der Waals surface area contributed by atoms with Gasteiger partial charge in [0.25, 0.3) is 0 Å². The van der Waals surface area contributed by atoms with Crippen molar-refractivity contribution in [1.29, 1.82) is 0 Å². The number of aromatic nitrogens is 2. The number of hydrogen-bond donors (Lipinski definition) is 3. The van der Waals surface area contributed by atoms with E-state index in [9.17, 15) is 37.1 Å². The summed E-state index contributed by atoms with van der Waals surface area (Å²) in [6.45, 7) is 0.649. The standard InChI is InChI=1S/C35H41F3N6O5S/c36-35(37,38)33(49)43-28(34-12-17-8-18(13-34)10-19(9-17)14-34)32(48)44-16-21-2-1-3-22(21)26(44)30(47)41-23(11-20-4-7-40-29(20)46)27(45)31-42-24-15-39-6-5-25(24)50-31/h5-6,15,17-23,26,28H,1-4,7-14,16H2,(H,40,46)(H,41,47)(H,43,49)/t17?,18?,19?,20-,21-,22-,23-,26-,28+,34?/m0/s1. The van der Waals surface area contributed by atoms with Gasteiger partial charge in [-0.1, -0.05) is 6.42 Å². The molecular weight excluding hydrogens is 673 g/mol. The lowest BCUT2D eigenvalue weighted by molar-refractivity contribution is -0.179. The number of nitrogens with one attached hydrogen (secondary N) is 3. The summed E-state index contributed by atoms with van der Waals surface area (Å²) in [4.78, 5) is 78.4. The van der Waals surface area contributed by atoms with Crippen LogP contribution in [0.15, 0.2) is 18.5 Å². The van der Waals surface area contributed by atoms with Crippen LogP contribution < -0.4 is 16.0 Å². The van der Waals surface area contributed by atoms with Gasteiger partial charge in [-0.15, -0.1) is 11.3 Å². The van der Waals surface area contributed by atoms with Crippen molar-refractivity contribution in [3.8, 4) is 0 Å². The summed E-state index contributed by atoms with van der Waals surface area (Å²) in [5.74, 6) is -3.91. The molecule has 7 aliphatic rings. The van der Waals surface area contributed by atoms with Gasteiger partial charge in [-0.2, -0.15) is 13.2 Å². The lowest BCUT2D eigenvalue weighted by atomic mass is 9.47. The zero-order valence-corrected chi connectivity index (χ0v) is 28.4. The molecule has 4 bridgehead atoms. The van der Waals surface area contributed by atoms with E-state index in [4.69, 9.17) is 0 Å². The molecule has 2 aromatic rings. The van der Waals surface area contributed by atoms with Crippen LogP contribution in [0.5, 0.6) is 0 Å². The maximum atomic E-state index is 14.8. The Labute approximate surface area is 290 Å². The number of pyridine rings is 1. The van der Waals surface area contributed by atoms with E-state index in [1.807, 2.05) is 0 Å². The van der Waals surface area contributed by atoms with Crippen molar-refractivity contribution < 1.29 is 37.1 Å². The van der Waals surface area contributed by atoms with E-state index in [-0.39, 0.29) is 35.7 Å². The quantitative estimate of drug-likeness (QED) is 0.335. The Morgan fingerprint density at radius 3 is 2.40 bits per heavy atom. The third-order valence-corrected chi connectivity index (χ3v) is 13.7. The lowest BCUT2D eigenvalue weighted by Gasteiger charge is -2.59. The maximum Gasteiger partial charge on any atom is 0.471 e. The number of carbonyl (C=O) groups is 5. The normalized spacial score (nSPS) is 34.0. The molecule has 5 aliphatic carbocycles. The molecule has 2 aliphatic heterocycles. The molecule has 15 heteroatoms. The average Bonchev–Trinajstić information content (AvgIpc) is 3.85. The van der Waals surface area contributed by atoms with Gasteiger partial charge in [0.2, 0.25) is 23.5 Å². The Morgan fingerprint density at radius 2 is 1.76 bits per heavy atom. The maximum absolute atomic E-state index is 14.8. The Hall–Kier alpha value is -3.62. The molecule has 7 fully saturated rings. The molecule has 4 amide bonds. The molecule has 50 heavy (non-hydrogen) atoms. The zero-order chi connectivity index (χ0) is 34.9. The molecule has 4 heterocycles. The van der Waals surface area contributed by atoms with Gasteiger partial charge in [-0.05, 0) is 99.9 Å². The second kappa shape index (κ2) is 12.6. The van der Waals surface area contributed by atoms with Crippen molar-refractivity contribution >= 4 is 51.0 Å². The van der Waals surface area contributed by atoms with Crippen LogP contribution in [-0.4, -0.2) is 81.7 Å². The number of fused-ring (bicyclic) bond motifs is 2. The summed E-state index contributed by atoms with van der Waals surface area (Å²) in [7, 11) is 0. The number of Topliss-reactive ketones (excluding diaryl/α,β-unsaturated/α-hetero) is 1. The van der Waals surface area contributed by atoms with Crippen molar-refractivity contribution in [3.05, 3.63) is 23.5 Å². The number of amides is 4. The van der Waals surface area contributed by atoms with Gasteiger partial charge < -0.3 is 20.9 Å². The minimum absolute atomic E-state index is 0.0310. The third kappa shape index (κ3) is 5.96. The molecule has 6 atom stereocenters. The summed E-state index contributed by atoms with van der Waals surface area (Å²) in [5.41, 5.74) is -0.274. The Balaban J connectivity index is 1.10. The summed E-state index contributed by atoms with van der Waals surface area (Å²) >= 11 is 1.16. The molecule has 9 rings (SSSR count). The van der Waals surface area contributed by atoms with Crippen molar-refractivity contribution in [1.82, 2.24) is 30.8 Å². The first-order chi connectivity index (χ1) is 23.9. The van der Waals surface area contributed by atoms with Gasteiger partial charge in [-0.3, -0.25) is 29.0 Å². The lowest BCUT2D eigenvalue weighted by Crippen LogP contribution is -2.65. The summed E-state index contributed by atoms with van der Waals surface area (Å²) in [6, 6.07) is -1.82. The number of carbonyl (C=O) groups excluding carboxylic acids is 5. The van der Waals surface area contributed by atoms with E-state index in [0.717, 1.165) is 48.1 Å². The van der Waals surface area contributed by atoms with Crippen molar-refractivity contribution in [2.45, 2.75) is 94.9 Å². The first kappa shape index (κ1) is 33.5. The molecule has 3 N–H and O–H groups in total. The molecule has 268 valence electrons. The average molecular weight is 715 g/mol. The third-order valence-electron chi connectivity index (χ3n) is 12.6. The van der Waals surface area contributed by atoms with E-state index < -0.39 is 59.1 Å². The first-order valence-corrected chi connectivity index (χ1v) is 18.7. The summed E-state index contributed by atoms with van der Waals surface area (Å²) in [5, 5.41) is 8.01. The van der Waals surface area contributed by atoms with Gasteiger partial charge in [0.05, 0.1) is 16.9 Å². The summed E-state index contributed by atoms with van der Waals surface area (Å²) in [6.07, 6.45) is 5.44. The van der Waals surface area contributed by atoms with Gasteiger partial charge in [-0.25, -0.2) is 4.98 Å². The molecule has 0 spiro atoms. The fourth-order valence-corrected chi connectivity index (χ4v) is 11.9. The topological polar surface area (TPSA) is 150 Å². The van der Waals surface area contributed by atoms with E-state index in [1.54, 1.807) is 18.5 Å². The van der Waals surface area contributed by atoms with E-state index >= 15 is 0 Å². The van der Waals surface area contributed by atoms with Crippen LogP contribution in [0.25, 0.3) is 10.2 Å². The molecule has 0 radical (unpaired) electrons. The number of rotatable bonds is 9. The number of halogens is 3. The fourth-order valence-electron chi connectivity index (χ4n) is 10.9. The SMILES string of the molecule is O=C1NCC[C@H]1C[C@H](NC(=O)[C@@H]1[C@H]2CCC[C@H]2CN1C(=O)[C@@H](NC(=O)C(F)(F)F)C12CC3CC(CC(C3)C1)C2)C(=O)c1nc2cnccc2s1. The predicted octanol–water partition coefficient (Wildman–Crippen LogP) is 3.78. The fraction of sp³-hybridized carbons (Fsp3) is 0.686. The Morgan fingerprint density at radius 1 is 1.04 bits per heavy atom. The molecule has 0 unspecified atom stereocenters. The summed E-state index contributed by atoms with van der Waals surface area (Å²) < 4.78 is 42.0. The predicted molar refractivity (Wildman–Crippen MR) is 174 cm³/mol. The van der Waals surface area contributed by atoms with E-state index in [1.165, 1.54) is 4.90 Å². The number of likely N-dealkylation sites (tertiary alicyclic amines) is 1. The van der Waals surface area contributed by atoms with Crippen molar-refractivity contribution in [3.63, 3.8) is 0 Å². The van der Waals surface area contributed by atoms with Gasteiger partial charge in [0, 0.05) is 30.6 Å². The molecule has 2 saturated heterocycles. The second-order valence-electron chi connectivity index (χ2n) is 15.8. The number of ketones is 1. The van der Waals surface area contributed by atoms with Crippen LogP contribution >= 0.6 is 11.3 Å². The highest BCUT2D eigenvalue weighted by Crippen LogP contribution is 2.61. The smallest absolute Gasteiger partial charge is 0.356 e. The Kier molecular flexibility index (Phi) is 8.42. The minimum atomic E-state index is -5.17. The molecule has 11 nitrogen and oxygen atoms in total. The largest absolute Gasteiger partial charge is 0.471 e.